The molecule has 0 unspecified atom stereocenters. The molecule has 0 amide bonds. The van der Waals surface area contributed by atoms with Crippen LogP contribution < -0.4 is 0 Å². The lowest BCUT2D eigenvalue weighted by molar-refractivity contribution is 0.103. The normalized spacial score (nSPS) is 10.8. The van der Waals surface area contributed by atoms with Crippen LogP contribution in [-0.2, 0) is 6.42 Å². The van der Waals surface area contributed by atoms with Crippen molar-refractivity contribution >= 4 is 21.7 Å². The highest BCUT2D eigenvalue weighted by Crippen LogP contribution is 2.22. The summed E-state index contributed by atoms with van der Waals surface area (Å²) in [4.78, 5) is 12.6. The molecule has 20 heavy (non-hydrogen) atoms. The van der Waals surface area contributed by atoms with E-state index in [1.165, 1.54) is 5.56 Å². The van der Waals surface area contributed by atoms with Crippen molar-refractivity contribution in [2.45, 2.75) is 27.2 Å². The molecule has 104 valence electrons. The minimum Gasteiger partial charge on any atom is -0.289 e. The van der Waals surface area contributed by atoms with Crippen molar-refractivity contribution in [3.8, 4) is 0 Å². The molecule has 0 atom stereocenters. The molecule has 0 radical (unpaired) electrons. The molecule has 0 N–H and O–H groups in total. The van der Waals surface area contributed by atoms with Gasteiger partial charge in [0, 0.05) is 15.6 Å². The van der Waals surface area contributed by atoms with E-state index in [2.05, 4.69) is 35.8 Å². The summed E-state index contributed by atoms with van der Waals surface area (Å²) in [6.07, 6.45) is 0.996. The Morgan fingerprint density at radius 1 is 1.15 bits per heavy atom. The number of aryl methyl sites for hydroxylation is 1. The van der Waals surface area contributed by atoms with Gasteiger partial charge in [0.1, 0.15) is 0 Å². The molecule has 2 rings (SSSR count). The smallest absolute Gasteiger partial charge is 0.194 e. The van der Waals surface area contributed by atoms with Crippen LogP contribution in [0.3, 0.4) is 0 Å². The molecular weight excluding hydrogens is 312 g/mol. The van der Waals surface area contributed by atoms with Crippen LogP contribution in [0.15, 0.2) is 46.9 Å². The first-order valence-corrected chi connectivity index (χ1v) is 7.66. The number of halogens is 1. The van der Waals surface area contributed by atoms with Gasteiger partial charge in [0.25, 0.3) is 0 Å². The molecule has 2 heteroatoms. The second-order valence-electron chi connectivity index (χ2n) is 5.61. The Morgan fingerprint density at radius 3 is 2.55 bits per heavy atom. The van der Waals surface area contributed by atoms with Crippen molar-refractivity contribution in [2.24, 2.45) is 5.92 Å². The van der Waals surface area contributed by atoms with Gasteiger partial charge in [-0.15, -0.1) is 0 Å². The summed E-state index contributed by atoms with van der Waals surface area (Å²) in [5, 5.41) is 0. The Balaban J connectivity index is 2.33. The third kappa shape index (κ3) is 3.57. The van der Waals surface area contributed by atoms with E-state index in [1.807, 2.05) is 43.3 Å². The fourth-order valence-electron chi connectivity index (χ4n) is 2.27. The lowest BCUT2D eigenvalue weighted by Gasteiger charge is -2.08. The van der Waals surface area contributed by atoms with E-state index < -0.39 is 0 Å². The molecule has 0 spiro atoms. The number of ketones is 1. The maximum Gasteiger partial charge on any atom is 0.194 e. The zero-order valence-corrected chi connectivity index (χ0v) is 13.7. The summed E-state index contributed by atoms with van der Waals surface area (Å²) in [6, 6.07) is 13.8. The predicted octanol–water partition coefficient (Wildman–Crippen LogP) is 5.19. The zero-order valence-electron chi connectivity index (χ0n) is 12.1. The summed E-state index contributed by atoms with van der Waals surface area (Å²) in [5.74, 6) is 0.661. The van der Waals surface area contributed by atoms with Crippen LogP contribution in [0.5, 0.6) is 0 Å². The monoisotopic (exact) mass is 330 g/mol. The third-order valence-electron chi connectivity index (χ3n) is 3.20. The van der Waals surface area contributed by atoms with E-state index in [0.29, 0.717) is 5.92 Å². The number of carbonyl (C=O) groups excluding carboxylic acids is 1. The Kier molecular flexibility index (Phi) is 4.77. The highest BCUT2D eigenvalue weighted by molar-refractivity contribution is 9.10. The molecule has 0 bridgehead atoms. The topological polar surface area (TPSA) is 17.1 Å². The molecule has 0 saturated carbocycles. The number of carbonyl (C=O) groups is 1. The van der Waals surface area contributed by atoms with Crippen molar-refractivity contribution in [3.05, 3.63) is 69.2 Å². The van der Waals surface area contributed by atoms with E-state index in [1.54, 1.807) is 0 Å². The molecule has 0 fully saturated rings. The molecule has 0 aromatic heterocycles. The quantitative estimate of drug-likeness (QED) is 0.705. The van der Waals surface area contributed by atoms with Crippen molar-refractivity contribution < 1.29 is 4.79 Å². The highest BCUT2D eigenvalue weighted by atomic mass is 79.9. The van der Waals surface area contributed by atoms with Gasteiger partial charge in [0.2, 0.25) is 0 Å². The van der Waals surface area contributed by atoms with Gasteiger partial charge in [-0.05, 0) is 48.6 Å². The van der Waals surface area contributed by atoms with E-state index in [9.17, 15) is 4.79 Å². The van der Waals surface area contributed by atoms with E-state index in [0.717, 1.165) is 27.6 Å². The average Bonchev–Trinajstić information content (AvgIpc) is 2.37. The fourth-order valence-corrected chi connectivity index (χ4v) is 2.94. The summed E-state index contributed by atoms with van der Waals surface area (Å²) >= 11 is 3.48. The molecule has 0 saturated heterocycles. The lowest BCUT2D eigenvalue weighted by atomic mass is 9.97. The Bertz CT molecular complexity index is 629. The summed E-state index contributed by atoms with van der Waals surface area (Å²) < 4.78 is 0.858. The Hall–Kier alpha value is -1.41. The zero-order chi connectivity index (χ0) is 14.7. The summed E-state index contributed by atoms with van der Waals surface area (Å²) in [5.41, 5.74) is 3.83. The number of benzene rings is 2. The molecule has 0 aliphatic rings. The molecule has 1 nitrogen and oxygen atoms in total. The predicted molar refractivity (Wildman–Crippen MR) is 87.3 cm³/mol. The second-order valence-corrected chi connectivity index (χ2v) is 6.47. The Labute approximate surface area is 129 Å². The maximum atomic E-state index is 12.6. The largest absolute Gasteiger partial charge is 0.289 e. The standard InChI is InChI=1S/C18H19BrO/c1-12(2)9-14-5-4-6-15(11-14)18(20)16-8-7-13(3)10-17(16)19/h4-8,10-12H,9H2,1-3H3. The minimum atomic E-state index is 0.0717. The first-order chi connectivity index (χ1) is 9.47. The SMILES string of the molecule is Cc1ccc(C(=O)c2cccc(CC(C)C)c2)c(Br)c1. The average molecular weight is 331 g/mol. The van der Waals surface area contributed by atoms with Gasteiger partial charge < -0.3 is 0 Å². The summed E-state index contributed by atoms with van der Waals surface area (Å²) in [6.45, 7) is 6.39. The molecule has 2 aromatic rings. The van der Waals surface area contributed by atoms with Gasteiger partial charge >= 0.3 is 0 Å². The molecule has 2 aromatic carbocycles. The molecule has 0 heterocycles. The highest BCUT2D eigenvalue weighted by Gasteiger charge is 2.13. The fraction of sp³-hybridized carbons (Fsp3) is 0.278. The van der Waals surface area contributed by atoms with E-state index in [-0.39, 0.29) is 5.78 Å². The van der Waals surface area contributed by atoms with Crippen LogP contribution >= 0.6 is 15.9 Å². The van der Waals surface area contributed by atoms with Gasteiger partial charge in [0.05, 0.1) is 0 Å². The number of rotatable bonds is 4. The lowest BCUT2D eigenvalue weighted by Crippen LogP contribution is -2.04. The molecule has 0 aliphatic heterocycles. The van der Waals surface area contributed by atoms with E-state index >= 15 is 0 Å². The van der Waals surface area contributed by atoms with Crippen LogP contribution in [0.4, 0.5) is 0 Å². The molecule has 0 aliphatic carbocycles. The van der Waals surface area contributed by atoms with Crippen LogP contribution in [0.25, 0.3) is 0 Å². The van der Waals surface area contributed by atoms with Crippen LogP contribution in [-0.4, -0.2) is 5.78 Å². The van der Waals surface area contributed by atoms with Crippen molar-refractivity contribution in [3.63, 3.8) is 0 Å². The van der Waals surface area contributed by atoms with Crippen LogP contribution in [0.1, 0.15) is 40.9 Å². The van der Waals surface area contributed by atoms with E-state index in [4.69, 9.17) is 0 Å². The first kappa shape index (κ1) is 15.0. The van der Waals surface area contributed by atoms with Gasteiger partial charge in [-0.1, -0.05) is 54.0 Å². The Morgan fingerprint density at radius 2 is 1.90 bits per heavy atom. The first-order valence-electron chi connectivity index (χ1n) is 6.87. The van der Waals surface area contributed by atoms with Crippen molar-refractivity contribution in [1.29, 1.82) is 0 Å². The van der Waals surface area contributed by atoms with Gasteiger partial charge in [-0.25, -0.2) is 0 Å². The maximum absolute atomic E-state index is 12.6. The second kappa shape index (κ2) is 6.36. The van der Waals surface area contributed by atoms with Gasteiger partial charge in [0.15, 0.2) is 5.78 Å². The van der Waals surface area contributed by atoms with Crippen LogP contribution in [0, 0.1) is 12.8 Å². The number of hydrogen-bond donors (Lipinski definition) is 0. The molecular formula is C18H19BrO. The minimum absolute atomic E-state index is 0.0717. The van der Waals surface area contributed by atoms with Gasteiger partial charge in [-0.2, -0.15) is 0 Å². The number of hydrogen-bond acceptors (Lipinski definition) is 1. The van der Waals surface area contributed by atoms with Crippen molar-refractivity contribution in [2.75, 3.05) is 0 Å². The summed E-state index contributed by atoms with van der Waals surface area (Å²) in [7, 11) is 0. The van der Waals surface area contributed by atoms with Crippen LogP contribution in [0.2, 0.25) is 0 Å². The third-order valence-corrected chi connectivity index (χ3v) is 3.86. The van der Waals surface area contributed by atoms with Gasteiger partial charge in [-0.3, -0.25) is 4.79 Å². The van der Waals surface area contributed by atoms with Crippen molar-refractivity contribution in [1.82, 2.24) is 0 Å².